The van der Waals surface area contributed by atoms with Crippen LogP contribution in [0.1, 0.15) is 19.4 Å². The average Bonchev–Trinajstić information content (AvgIpc) is 2.28. The zero-order valence-electron chi connectivity index (χ0n) is 10.7. The van der Waals surface area contributed by atoms with E-state index in [2.05, 4.69) is 5.32 Å². The fourth-order valence-electron chi connectivity index (χ4n) is 1.77. The molecule has 1 N–H and O–H groups in total. The molecule has 0 saturated heterocycles. The number of methoxy groups -OCH3 is 1. The van der Waals surface area contributed by atoms with Gasteiger partial charge in [0.15, 0.2) is 0 Å². The van der Waals surface area contributed by atoms with Crippen molar-refractivity contribution < 1.29 is 4.74 Å². The van der Waals surface area contributed by atoms with E-state index in [9.17, 15) is 0 Å². The molecule has 0 aliphatic rings. The number of ether oxygens (including phenoxy) is 1. The number of hydrogen-bond donors (Lipinski definition) is 1. The molecule has 96 valence electrons. The Labute approximate surface area is 113 Å². The van der Waals surface area contributed by atoms with Gasteiger partial charge in [0.1, 0.15) is 0 Å². The predicted octanol–water partition coefficient (Wildman–Crippen LogP) is 3.55. The Balaban J connectivity index is 2.96. The highest BCUT2D eigenvalue weighted by molar-refractivity contribution is 6.36. The highest BCUT2D eigenvalue weighted by Gasteiger charge is 2.29. The van der Waals surface area contributed by atoms with Crippen molar-refractivity contribution in [3.8, 4) is 0 Å². The topological polar surface area (TPSA) is 21.3 Å². The van der Waals surface area contributed by atoms with E-state index in [-0.39, 0.29) is 11.6 Å². The second-order valence-electron chi connectivity index (χ2n) is 4.55. The Morgan fingerprint density at radius 3 is 2.24 bits per heavy atom. The van der Waals surface area contributed by atoms with Crippen LogP contribution in [0.3, 0.4) is 0 Å². The van der Waals surface area contributed by atoms with Crippen molar-refractivity contribution in [2.24, 2.45) is 0 Å². The van der Waals surface area contributed by atoms with Crippen molar-refractivity contribution in [3.05, 3.63) is 33.8 Å². The second-order valence-corrected chi connectivity index (χ2v) is 5.37. The highest BCUT2D eigenvalue weighted by atomic mass is 35.5. The summed E-state index contributed by atoms with van der Waals surface area (Å²) in [5.41, 5.74) is 0.678. The van der Waals surface area contributed by atoms with Gasteiger partial charge in [0.05, 0.1) is 5.60 Å². The molecule has 1 unspecified atom stereocenters. The van der Waals surface area contributed by atoms with Crippen LogP contribution in [0.5, 0.6) is 0 Å². The molecule has 4 heteroatoms. The van der Waals surface area contributed by atoms with E-state index in [0.717, 1.165) is 12.0 Å². The Bertz CT molecular complexity index is 359. The fraction of sp³-hybridized carbons (Fsp3) is 0.538. The van der Waals surface area contributed by atoms with Gasteiger partial charge in [0, 0.05) is 23.2 Å². The number of nitrogens with one attached hydrogen (secondary N) is 1. The van der Waals surface area contributed by atoms with Crippen molar-refractivity contribution in [1.29, 1.82) is 0 Å². The molecule has 0 aliphatic heterocycles. The van der Waals surface area contributed by atoms with E-state index in [0.29, 0.717) is 10.0 Å². The minimum absolute atomic E-state index is 0.143. The van der Waals surface area contributed by atoms with Crippen molar-refractivity contribution in [2.75, 3.05) is 14.2 Å². The van der Waals surface area contributed by atoms with Gasteiger partial charge in [-0.05, 0) is 45.0 Å². The quantitative estimate of drug-likeness (QED) is 0.888. The number of halogens is 2. The van der Waals surface area contributed by atoms with Gasteiger partial charge in [-0.1, -0.05) is 29.3 Å². The maximum atomic E-state index is 6.17. The largest absolute Gasteiger partial charge is 0.377 e. The highest BCUT2D eigenvalue weighted by Crippen LogP contribution is 2.28. The summed E-state index contributed by atoms with van der Waals surface area (Å²) in [5.74, 6) is 0. The third kappa shape index (κ3) is 3.59. The SMILES string of the molecule is CNC(Cc1c(Cl)cccc1Cl)C(C)(C)OC. The first-order valence-electron chi connectivity index (χ1n) is 5.57. The number of benzene rings is 1. The predicted molar refractivity (Wildman–Crippen MR) is 74.1 cm³/mol. The molecule has 0 radical (unpaired) electrons. The summed E-state index contributed by atoms with van der Waals surface area (Å²) < 4.78 is 5.49. The fourth-order valence-corrected chi connectivity index (χ4v) is 2.32. The Hall–Kier alpha value is -0.280. The van der Waals surface area contributed by atoms with Gasteiger partial charge in [-0.15, -0.1) is 0 Å². The summed E-state index contributed by atoms with van der Waals surface area (Å²) in [6, 6.07) is 5.71. The van der Waals surface area contributed by atoms with E-state index in [1.54, 1.807) is 7.11 Å². The standard InChI is InChI=1S/C13H19Cl2NO/c1-13(2,17-4)12(16-3)8-9-10(14)6-5-7-11(9)15/h5-7,12,16H,8H2,1-4H3. The monoisotopic (exact) mass is 275 g/mol. The maximum Gasteiger partial charge on any atom is 0.0778 e. The molecule has 1 atom stereocenters. The molecule has 1 rings (SSSR count). The molecule has 0 saturated carbocycles. The smallest absolute Gasteiger partial charge is 0.0778 e. The lowest BCUT2D eigenvalue weighted by Gasteiger charge is -2.33. The van der Waals surface area contributed by atoms with Crippen LogP contribution in [-0.2, 0) is 11.2 Å². The molecule has 0 aromatic heterocycles. The van der Waals surface area contributed by atoms with E-state index in [4.69, 9.17) is 27.9 Å². The van der Waals surface area contributed by atoms with E-state index < -0.39 is 0 Å². The Morgan fingerprint density at radius 1 is 1.29 bits per heavy atom. The molecule has 0 bridgehead atoms. The first-order chi connectivity index (χ1) is 7.92. The van der Waals surface area contributed by atoms with Gasteiger partial charge in [0.25, 0.3) is 0 Å². The van der Waals surface area contributed by atoms with Gasteiger partial charge < -0.3 is 10.1 Å². The molecule has 1 aromatic carbocycles. The third-order valence-electron chi connectivity index (χ3n) is 3.18. The van der Waals surface area contributed by atoms with Crippen molar-refractivity contribution in [2.45, 2.75) is 31.9 Å². The number of likely N-dealkylation sites (N-methyl/N-ethyl adjacent to an activating group) is 1. The van der Waals surface area contributed by atoms with Crippen LogP contribution in [0.2, 0.25) is 10.0 Å². The van der Waals surface area contributed by atoms with Crippen molar-refractivity contribution in [1.82, 2.24) is 5.32 Å². The summed E-state index contributed by atoms with van der Waals surface area (Å²) >= 11 is 12.3. The lowest BCUT2D eigenvalue weighted by molar-refractivity contribution is -0.00795. The van der Waals surface area contributed by atoms with Crippen LogP contribution in [-0.4, -0.2) is 25.8 Å². The van der Waals surface area contributed by atoms with Crippen LogP contribution in [0.15, 0.2) is 18.2 Å². The normalized spacial score (nSPS) is 13.8. The third-order valence-corrected chi connectivity index (χ3v) is 3.89. The van der Waals surface area contributed by atoms with Crippen molar-refractivity contribution >= 4 is 23.2 Å². The minimum Gasteiger partial charge on any atom is -0.377 e. The van der Waals surface area contributed by atoms with Gasteiger partial charge in [0.2, 0.25) is 0 Å². The Morgan fingerprint density at radius 2 is 1.82 bits per heavy atom. The summed E-state index contributed by atoms with van der Waals surface area (Å²) in [4.78, 5) is 0. The minimum atomic E-state index is -0.281. The number of rotatable bonds is 5. The molecule has 0 heterocycles. The molecular formula is C13H19Cl2NO. The molecular weight excluding hydrogens is 257 g/mol. The molecule has 0 amide bonds. The van der Waals surface area contributed by atoms with Crippen LogP contribution in [0.25, 0.3) is 0 Å². The number of hydrogen-bond acceptors (Lipinski definition) is 2. The lowest BCUT2D eigenvalue weighted by Crippen LogP contribution is -2.48. The zero-order valence-corrected chi connectivity index (χ0v) is 12.2. The van der Waals surface area contributed by atoms with Crippen molar-refractivity contribution in [3.63, 3.8) is 0 Å². The van der Waals surface area contributed by atoms with Crippen LogP contribution in [0.4, 0.5) is 0 Å². The summed E-state index contributed by atoms with van der Waals surface area (Å²) in [5, 5.41) is 4.65. The molecule has 1 aromatic rings. The van der Waals surface area contributed by atoms with Gasteiger partial charge in [-0.2, -0.15) is 0 Å². The molecule has 0 spiro atoms. The van der Waals surface area contributed by atoms with Gasteiger partial charge in [-0.3, -0.25) is 0 Å². The van der Waals surface area contributed by atoms with Crippen LogP contribution < -0.4 is 5.32 Å². The molecule has 17 heavy (non-hydrogen) atoms. The second kappa shape index (κ2) is 6.05. The van der Waals surface area contributed by atoms with E-state index >= 15 is 0 Å². The van der Waals surface area contributed by atoms with Gasteiger partial charge >= 0.3 is 0 Å². The summed E-state index contributed by atoms with van der Waals surface area (Å²) in [6.07, 6.45) is 0.732. The summed E-state index contributed by atoms with van der Waals surface area (Å²) in [7, 11) is 3.62. The first-order valence-corrected chi connectivity index (χ1v) is 6.33. The van der Waals surface area contributed by atoms with Crippen LogP contribution in [0, 0.1) is 0 Å². The molecule has 0 fully saturated rings. The average molecular weight is 276 g/mol. The van der Waals surface area contributed by atoms with Crippen LogP contribution >= 0.6 is 23.2 Å². The van der Waals surface area contributed by atoms with E-state index in [1.807, 2.05) is 39.1 Å². The molecule has 2 nitrogen and oxygen atoms in total. The zero-order chi connectivity index (χ0) is 13.1. The lowest BCUT2D eigenvalue weighted by atomic mass is 9.92. The van der Waals surface area contributed by atoms with Gasteiger partial charge in [-0.25, -0.2) is 0 Å². The maximum absolute atomic E-state index is 6.17. The first kappa shape index (κ1) is 14.8. The summed E-state index contributed by atoms with van der Waals surface area (Å²) in [6.45, 7) is 4.08. The Kier molecular flexibility index (Phi) is 5.26. The van der Waals surface area contributed by atoms with E-state index in [1.165, 1.54) is 0 Å². The molecule has 0 aliphatic carbocycles.